The summed E-state index contributed by atoms with van der Waals surface area (Å²) in [6.45, 7) is 3.17. The molecule has 18 heavy (non-hydrogen) atoms. The van der Waals surface area contributed by atoms with Gasteiger partial charge in [-0.3, -0.25) is 4.79 Å². The van der Waals surface area contributed by atoms with E-state index in [9.17, 15) is 9.18 Å². The number of nitrogens with zero attached hydrogens (tertiary/aromatic N) is 2. The first-order chi connectivity index (χ1) is 8.56. The zero-order valence-corrected chi connectivity index (χ0v) is 10.1. The van der Waals surface area contributed by atoms with Gasteiger partial charge in [0.15, 0.2) is 5.82 Å². The molecule has 2 rings (SSSR count). The molecular weight excluding hydrogens is 233 g/mol. The van der Waals surface area contributed by atoms with Gasteiger partial charge in [0.1, 0.15) is 5.82 Å². The van der Waals surface area contributed by atoms with Crippen molar-refractivity contribution in [3.05, 3.63) is 42.0 Å². The molecule has 1 aromatic carbocycles. The molecule has 0 spiro atoms. The van der Waals surface area contributed by atoms with E-state index < -0.39 is 0 Å². The molecule has 0 unspecified atom stereocenters. The Morgan fingerprint density at radius 3 is 2.50 bits per heavy atom. The van der Waals surface area contributed by atoms with Gasteiger partial charge in [-0.1, -0.05) is 0 Å². The van der Waals surface area contributed by atoms with Crippen LogP contribution in [0.15, 0.2) is 30.5 Å². The van der Waals surface area contributed by atoms with Gasteiger partial charge >= 0.3 is 0 Å². The number of hydrogen-bond donors (Lipinski definition) is 1. The number of rotatable bonds is 2. The average molecular weight is 245 g/mol. The SMILES string of the molecule is CC(=O)Nc1ncc(-c2ccc(F)cc2)nc1C. The lowest BCUT2D eigenvalue weighted by atomic mass is 10.1. The van der Waals surface area contributed by atoms with Crippen LogP contribution in [0, 0.1) is 12.7 Å². The Morgan fingerprint density at radius 1 is 1.28 bits per heavy atom. The number of amides is 1. The average Bonchev–Trinajstić information content (AvgIpc) is 2.32. The topological polar surface area (TPSA) is 54.9 Å². The van der Waals surface area contributed by atoms with Gasteiger partial charge in [-0.15, -0.1) is 0 Å². The Labute approximate surface area is 104 Å². The highest BCUT2D eigenvalue weighted by atomic mass is 19.1. The highest BCUT2D eigenvalue weighted by Gasteiger charge is 2.06. The second kappa shape index (κ2) is 4.91. The van der Waals surface area contributed by atoms with Gasteiger partial charge in [-0.2, -0.15) is 0 Å². The fraction of sp³-hybridized carbons (Fsp3) is 0.154. The maximum atomic E-state index is 12.8. The van der Waals surface area contributed by atoms with Crippen molar-refractivity contribution in [3.63, 3.8) is 0 Å². The van der Waals surface area contributed by atoms with Crippen molar-refractivity contribution in [2.75, 3.05) is 5.32 Å². The van der Waals surface area contributed by atoms with E-state index in [0.717, 1.165) is 5.56 Å². The second-order valence-corrected chi connectivity index (χ2v) is 3.88. The summed E-state index contributed by atoms with van der Waals surface area (Å²) in [7, 11) is 0. The summed E-state index contributed by atoms with van der Waals surface area (Å²) in [5.41, 5.74) is 2.04. The molecule has 1 aromatic heterocycles. The Bertz CT molecular complexity index is 581. The largest absolute Gasteiger partial charge is 0.309 e. The third kappa shape index (κ3) is 2.68. The molecule has 0 saturated heterocycles. The lowest BCUT2D eigenvalue weighted by Crippen LogP contribution is -2.10. The fourth-order valence-corrected chi connectivity index (χ4v) is 1.53. The fourth-order valence-electron chi connectivity index (χ4n) is 1.53. The predicted molar refractivity (Wildman–Crippen MR) is 66.5 cm³/mol. The van der Waals surface area contributed by atoms with Gasteiger partial charge in [0.25, 0.3) is 0 Å². The number of carbonyl (C=O) groups excluding carboxylic acids is 1. The summed E-state index contributed by atoms with van der Waals surface area (Å²) >= 11 is 0. The molecule has 0 radical (unpaired) electrons. The van der Waals surface area contributed by atoms with Crippen LogP contribution in [0.5, 0.6) is 0 Å². The molecule has 0 aliphatic heterocycles. The van der Waals surface area contributed by atoms with Crippen LogP contribution in [0.25, 0.3) is 11.3 Å². The number of hydrogen-bond acceptors (Lipinski definition) is 3. The molecule has 0 fully saturated rings. The first-order valence-corrected chi connectivity index (χ1v) is 5.43. The molecule has 1 N–H and O–H groups in total. The molecule has 1 heterocycles. The molecule has 0 aliphatic rings. The van der Waals surface area contributed by atoms with Gasteiger partial charge in [0, 0.05) is 12.5 Å². The standard InChI is InChI=1S/C13H12FN3O/c1-8-13(17-9(2)18)15-7-12(16-8)10-3-5-11(14)6-4-10/h3-7H,1-2H3,(H,15,17,18). The van der Waals surface area contributed by atoms with E-state index in [2.05, 4.69) is 15.3 Å². The minimum absolute atomic E-state index is 0.193. The zero-order chi connectivity index (χ0) is 13.1. The predicted octanol–water partition coefficient (Wildman–Crippen LogP) is 2.55. The third-order valence-corrected chi connectivity index (χ3v) is 2.38. The van der Waals surface area contributed by atoms with Crippen molar-refractivity contribution in [1.29, 1.82) is 0 Å². The summed E-state index contributed by atoms with van der Waals surface area (Å²) in [6.07, 6.45) is 1.55. The van der Waals surface area contributed by atoms with Crippen molar-refractivity contribution in [2.45, 2.75) is 13.8 Å². The van der Waals surface area contributed by atoms with E-state index in [1.807, 2.05) is 0 Å². The number of benzene rings is 1. The zero-order valence-electron chi connectivity index (χ0n) is 10.1. The maximum Gasteiger partial charge on any atom is 0.222 e. The molecule has 0 bridgehead atoms. The molecule has 4 nitrogen and oxygen atoms in total. The lowest BCUT2D eigenvalue weighted by Gasteiger charge is -2.07. The molecule has 5 heteroatoms. The van der Waals surface area contributed by atoms with E-state index in [-0.39, 0.29) is 11.7 Å². The monoisotopic (exact) mass is 245 g/mol. The number of anilines is 1. The van der Waals surface area contributed by atoms with Crippen LogP contribution in [-0.4, -0.2) is 15.9 Å². The number of halogens is 1. The van der Waals surface area contributed by atoms with Crippen molar-refractivity contribution < 1.29 is 9.18 Å². The maximum absolute atomic E-state index is 12.8. The van der Waals surface area contributed by atoms with E-state index in [1.54, 1.807) is 25.3 Å². The van der Waals surface area contributed by atoms with E-state index in [4.69, 9.17) is 0 Å². The highest BCUT2D eigenvalue weighted by Crippen LogP contribution is 2.19. The normalized spacial score (nSPS) is 10.2. The number of aryl methyl sites for hydroxylation is 1. The number of nitrogens with one attached hydrogen (secondary N) is 1. The van der Waals surface area contributed by atoms with E-state index >= 15 is 0 Å². The van der Waals surface area contributed by atoms with Crippen molar-refractivity contribution in [3.8, 4) is 11.3 Å². The van der Waals surface area contributed by atoms with Crippen molar-refractivity contribution in [2.24, 2.45) is 0 Å². The minimum Gasteiger partial charge on any atom is -0.309 e. The Morgan fingerprint density at radius 2 is 1.94 bits per heavy atom. The highest BCUT2D eigenvalue weighted by molar-refractivity contribution is 5.88. The van der Waals surface area contributed by atoms with Crippen LogP contribution >= 0.6 is 0 Å². The van der Waals surface area contributed by atoms with E-state index in [0.29, 0.717) is 17.2 Å². The lowest BCUT2D eigenvalue weighted by molar-refractivity contribution is -0.114. The summed E-state index contributed by atoms with van der Waals surface area (Å²) < 4.78 is 12.8. The molecule has 1 amide bonds. The summed E-state index contributed by atoms with van der Waals surface area (Å²) in [6, 6.07) is 6.01. The molecular formula is C13H12FN3O. The minimum atomic E-state index is -0.293. The van der Waals surface area contributed by atoms with Gasteiger partial charge in [0.2, 0.25) is 5.91 Å². The summed E-state index contributed by atoms with van der Waals surface area (Å²) in [4.78, 5) is 19.4. The Balaban J connectivity index is 2.33. The summed E-state index contributed by atoms with van der Waals surface area (Å²) in [5.74, 6) is -0.0476. The second-order valence-electron chi connectivity index (χ2n) is 3.88. The first kappa shape index (κ1) is 12.2. The van der Waals surface area contributed by atoms with E-state index in [1.165, 1.54) is 19.1 Å². The van der Waals surface area contributed by atoms with Crippen LogP contribution in [0.1, 0.15) is 12.6 Å². The molecule has 0 atom stereocenters. The molecule has 92 valence electrons. The van der Waals surface area contributed by atoms with Crippen LogP contribution in [0.4, 0.5) is 10.2 Å². The number of carbonyl (C=O) groups is 1. The third-order valence-electron chi connectivity index (χ3n) is 2.38. The quantitative estimate of drug-likeness (QED) is 0.884. The summed E-state index contributed by atoms with van der Waals surface area (Å²) in [5, 5.41) is 2.59. The first-order valence-electron chi connectivity index (χ1n) is 5.43. The van der Waals surface area contributed by atoms with Gasteiger partial charge < -0.3 is 5.32 Å². The van der Waals surface area contributed by atoms with Crippen LogP contribution in [-0.2, 0) is 4.79 Å². The van der Waals surface area contributed by atoms with Gasteiger partial charge in [-0.25, -0.2) is 14.4 Å². The van der Waals surface area contributed by atoms with Crippen molar-refractivity contribution >= 4 is 11.7 Å². The number of aromatic nitrogens is 2. The molecule has 2 aromatic rings. The van der Waals surface area contributed by atoms with Gasteiger partial charge in [0.05, 0.1) is 17.6 Å². The van der Waals surface area contributed by atoms with Crippen LogP contribution in [0.2, 0.25) is 0 Å². The smallest absolute Gasteiger partial charge is 0.222 e. The Hall–Kier alpha value is -2.30. The van der Waals surface area contributed by atoms with Crippen LogP contribution in [0.3, 0.4) is 0 Å². The van der Waals surface area contributed by atoms with Crippen LogP contribution < -0.4 is 5.32 Å². The molecule has 0 aliphatic carbocycles. The molecule has 0 saturated carbocycles. The Kier molecular flexibility index (Phi) is 3.32. The van der Waals surface area contributed by atoms with Crippen molar-refractivity contribution in [1.82, 2.24) is 9.97 Å². The van der Waals surface area contributed by atoms with Gasteiger partial charge in [-0.05, 0) is 31.2 Å².